The maximum Gasteiger partial charge on any atom is 0.137 e. The van der Waals surface area contributed by atoms with E-state index in [-0.39, 0.29) is 0 Å². The number of pyridine rings is 1. The van der Waals surface area contributed by atoms with Crippen LogP contribution in [0.25, 0.3) is 11.3 Å². The molecule has 0 aliphatic heterocycles. The first-order valence-corrected chi connectivity index (χ1v) is 5.14. The molecule has 0 atom stereocenters. The predicted octanol–water partition coefficient (Wildman–Crippen LogP) is 2.99. The zero-order valence-corrected chi connectivity index (χ0v) is 9.53. The van der Waals surface area contributed by atoms with Crippen LogP contribution >= 0.6 is 11.6 Å². The van der Waals surface area contributed by atoms with Crippen LogP contribution in [-0.2, 0) is 0 Å². The number of anilines is 1. The molecule has 2 aromatic rings. The maximum atomic E-state index is 6.04. The monoisotopic (exact) mass is 234 g/mol. The summed E-state index contributed by atoms with van der Waals surface area (Å²) in [4.78, 5) is 4.22. The molecular formula is C12H11ClN2O. The van der Waals surface area contributed by atoms with E-state index >= 15 is 0 Å². The van der Waals surface area contributed by atoms with Gasteiger partial charge in [-0.15, -0.1) is 0 Å². The summed E-state index contributed by atoms with van der Waals surface area (Å²) in [5.41, 5.74) is 8.07. The lowest BCUT2D eigenvalue weighted by molar-refractivity contribution is 0.415. The molecule has 82 valence electrons. The van der Waals surface area contributed by atoms with E-state index in [2.05, 4.69) is 4.98 Å². The van der Waals surface area contributed by atoms with Gasteiger partial charge in [0.2, 0.25) is 0 Å². The standard InChI is InChI=1S/C12H11ClN2O/c1-16-11-5-4-8(7-9(11)13)12-10(14)3-2-6-15-12/h2-7H,14H2,1H3. The van der Waals surface area contributed by atoms with Gasteiger partial charge in [-0.2, -0.15) is 0 Å². The molecule has 1 aromatic carbocycles. The Balaban J connectivity index is 2.50. The maximum absolute atomic E-state index is 6.04. The van der Waals surface area contributed by atoms with Gasteiger partial charge in [0.15, 0.2) is 0 Å². The molecule has 0 spiro atoms. The fourth-order valence-corrected chi connectivity index (χ4v) is 1.73. The Kier molecular flexibility index (Phi) is 2.97. The van der Waals surface area contributed by atoms with Gasteiger partial charge in [0.1, 0.15) is 5.75 Å². The van der Waals surface area contributed by atoms with Crippen molar-refractivity contribution in [2.75, 3.05) is 12.8 Å². The molecule has 0 bridgehead atoms. The Labute approximate surface area is 98.8 Å². The lowest BCUT2D eigenvalue weighted by Crippen LogP contribution is -1.93. The minimum absolute atomic E-state index is 0.546. The molecule has 2 N–H and O–H groups in total. The van der Waals surface area contributed by atoms with Crippen LogP contribution in [0.4, 0.5) is 5.69 Å². The molecule has 0 amide bonds. The molecule has 3 nitrogen and oxygen atoms in total. The van der Waals surface area contributed by atoms with Crippen LogP contribution < -0.4 is 10.5 Å². The van der Waals surface area contributed by atoms with E-state index in [1.54, 1.807) is 37.6 Å². The van der Waals surface area contributed by atoms with E-state index in [1.807, 2.05) is 6.07 Å². The van der Waals surface area contributed by atoms with E-state index in [9.17, 15) is 0 Å². The number of nitrogens with zero attached hydrogens (tertiary/aromatic N) is 1. The zero-order chi connectivity index (χ0) is 11.5. The van der Waals surface area contributed by atoms with Crippen molar-refractivity contribution in [2.45, 2.75) is 0 Å². The fourth-order valence-electron chi connectivity index (χ4n) is 1.47. The van der Waals surface area contributed by atoms with Gasteiger partial charge in [-0.05, 0) is 30.3 Å². The smallest absolute Gasteiger partial charge is 0.137 e. The van der Waals surface area contributed by atoms with Crippen LogP contribution in [0, 0.1) is 0 Å². The number of nitrogens with two attached hydrogens (primary N) is 1. The lowest BCUT2D eigenvalue weighted by Gasteiger charge is -2.07. The molecule has 1 aromatic heterocycles. The molecule has 0 aliphatic carbocycles. The Hall–Kier alpha value is -1.74. The molecule has 0 unspecified atom stereocenters. The van der Waals surface area contributed by atoms with Crippen molar-refractivity contribution in [3.8, 4) is 17.0 Å². The minimum Gasteiger partial charge on any atom is -0.495 e. The Morgan fingerprint density at radius 2 is 2.12 bits per heavy atom. The second kappa shape index (κ2) is 4.41. The second-order valence-corrected chi connectivity index (χ2v) is 3.70. The van der Waals surface area contributed by atoms with Gasteiger partial charge in [-0.3, -0.25) is 4.98 Å². The molecule has 16 heavy (non-hydrogen) atoms. The number of rotatable bonds is 2. The van der Waals surface area contributed by atoms with Crippen LogP contribution in [0.3, 0.4) is 0 Å². The predicted molar refractivity (Wildman–Crippen MR) is 65.6 cm³/mol. The summed E-state index contributed by atoms with van der Waals surface area (Å²) in [6.45, 7) is 0. The first kappa shape index (κ1) is 10.8. The van der Waals surface area contributed by atoms with E-state index < -0.39 is 0 Å². The van der Waals surface area contributed by atoms with Gasteiger partial charge in [-0.1, -0.05) is 11.6 Å². The van der Waals surface area contributed by atoms with Crippen molar-refractivity contribution in [1.29, 1.82) is 0 Å². The highest BCUT2D eigenvalue weighted by atomic mass is 35.5. The van der Waals surface area contributed by atoms with Crippen molar-refractivity contribution in [3.05, 3.63) is 41.6 Å². The SMILES string of the molecule is COc1ccc(-c2ncccc2N)cc1Cl. The molecule has 1 heterocycles. The summed E-state index contributed by atoms with van der Waals surface area (Å²) in [7, 11) is 1.58. The first-order chi connectivity index (χ1) is 7.72. The molecule has 0 fully saturated rings. The summed E-state index contributed by atoms with van der Waals surface area (Å²) in [5.74, 6) is 0.639. The number of hydrogen-bond donors (Lipinski definition) is 1. The van der Waals surface area contributed by atoms with Crippen molar-refractivity contribution in [1.82, 2.24) is 4.98 Å². The van der Waals surface area contributed by atoms with Crippen LogP contribution in [0.1, 0.15) is 0 Å². The minimum atomic E-state index is 0.546. The van der Waals surface area contributed by atoms with E-state index in [0.717, 1.165) is 11.3 Å². The number of halogens is 1. The van der Waals surface area contributed by atoms with Crippen molar-refractivity contribution < 1.29 is 4.74 Å². The van der Waals surface area contributed by atoms with Crippen LogP contribution in [0.15, 0.2) is 36.5 Å². The number of aromatic nitrogens is 1. The molecule has 0 saturated heterocycles. The van der Waals surface area contributed by atoms with Crippen molar-refractivity contribution >= 4 is 17.3 Å². The lowest BCUT2D eigenvalue weighted by atomic mass is 10.1. The molecule has 0 radical (unpaired) electrons. The number of hydrogen-bond acceptors (Lipinski definition) is 3. The van der Waals surface area contributed by atoms with Gasteiger partial charge in [0.05, 0.1) is 23.5 Å². The Morgan fingerprint density at radius 3 is 2.75 bits per heavy atom. The number of nitrogen functional groups attached to an aromatic ring is 1. The van der Waals surface area contributed by atoms with Crippen LogP contribution in [-0.4, -0.2) is 12.1 Å². The molecule has 4 heteroatoms. The largest absolute Gasteiger partial charge is 0.495 e. The average molecular weight is 235 g/mol. The molecule has 0 saturated carbocycles. The third kappa shape index (κ3) is 1.95. The zero-order valence-electron chi connectivity index (χ0n) is 8.77. The Bertz CT molecular complexity index is 514. The topological polar surface area (TPSA) is 48.1 Å². The quantitative estimate of drug-likeness (QED) is 0.869. The highest BCUT2D eigenvalue weighted by Gasteiger charge is 2.06. The summed E-state index contributed by atoms with van der Waals surface area (Å²) >= 11 is 6.04. The van der Waals surface area contributed by atoms with Gasteiger partial charge in [-0.25, -0.2) is 0 Å². The van der Waals surface area contributed by atoms with Crippen LogP contribution in [0.2, 0.25) is 5.02 Å². The summed E-state index contributed by atoms with van der Waals surface area (Å²) in [6.07, 6.45) is 1.70. The summed E-state index contributed by atoms with van der Waals surface area (Å²) in [5, 5.41) is 0.546. The molecular weight excluding hydrogens is 224 g/mol. The van der Waals surface area contributed by atoms with E-state index in [0.29, 0.717) is 16.5 Å². The third-order valence-electron chi connectivity index (χ3n) is 2.26. The molecule has 0 aliphatic rings. The molecule has 2 rings (SSSR count). The van der Waals surface area contributed by atoms with Crippen molar-refractivity contribution in [3.63, 3.8) is 0 Å². The van der Waals surface area contributed by atoms with Gasteiger partial charge in [0.25, 0.3) is 0 Å². The summed E-state index contributed by atoms with van der Waals surface area (Å²) in [6, 6.07) is 9.07. The number of methoxy groups -OCH3 is 1. The van der Waals surface area contributed by atoms with Gasteiger partial charge < -0.3 is 10.5 Å². The summed E-state index contributed by atoms with van der Waals surface area (Å²) < 4.78 is 5.08. The number of ether oxygens (including phenoxy) is 1. The average Bonchev–Trinajstić information content (AvgIpc) is 2.29. The number of benzene rings is 1. The van der Waals surface area contributed by atoms with Crippen molar-refractivity contribution in [2.24, 2.45) is 0 Å². The second-order valence-electron chi connectivity index (χ2n) is 3.29. The van der Waals surface area contributed by atoms with Gasteiger partial charge >= 0.3 is 0 Å². The third-order valence-corrected chi connectivity index (χ3v) is 2.56. The highest BCUT2D eigenvalue weighted by molar-refractivity contribution is 6.32. The first-order valence-electron chi connectivity index (χ1n) is 4.77. The van der Waals surface area contributed by atoms with Crippen LogP contribution in [0.5, 0.6) is 5.75 Å². The van der Waals surface area contributed by atoms with Gasteiger partial charge in [0, 0.05) is 11.8 Å². The Morgan fingerprint density at radius 1 is 1.31 bits per heavy atom. The van der Waals surface area contributed by atoms with E-state index in [1.165, 1.54) is 0 Å². The fraction of sp³-hybridized carbons (Fsp3) is 0.0833. The normalized spacial score (nSPS) is 10.1. The van der Waals surface area contributed by atoms with E-state index in [4.69, 9.17) is 22.1 Å². The highest BCUT2D eigenvalue weighted by Crippen LogP contribution is 2.31.